The first-order valence-corrected chi connectivity index (χ1v) is 9.33. The second kappa shape index (κ2) is 4.74. The average molecular weight is 296 g/mol. The number of benzene rings is 1. The van der Waals surface area contributed by atoms with E-state index in [2.05, 4.69) is 35.3 Å². The molecule has 1 N–H and O–H groups in total. The second-order valence-corrected chi connectivity index (χ2v) is 8.46. The molecule has 2 aliphatic carbocycles. The van der Waals surface area contributed by atoms with Gasteiger partial charge in [0.1, 0.15) is 0 Å². The minimum Gasteiger partial charge on any atom is -0.384 e. The standard InChI is InChI=1S/C20H28N2/c1-14-2-5-18-17(10-14)20(13-21-18)6-8-22(9-7-20)19-12-15-3-4-16(19)11-15/h2,5,10,15-16,19,21H,3-4,6-9,11-13H2,1H3/t15-,16+,19+/m1/s1. The molecule has 0 unspecified atom stereocenters. The minimum atomic E-state index is 0.426. The summed E-state index contributed by atoms with van der Waals surface area (Å²) in [5.74, 6) is 2.11. The van der Waals surface area contributed by atoms with Crippen LogP contribution in [0.15, 0.2) is 18.2 Å². The van der Waals surface area contributed by atoms with Crippen LogP contribution >= 0.6 is 0 Å². The van der Waals surface area contributed by atoms with E-state index in [1.54, 1.807) is 5.56 Å². The van der Waals surface area contributed by atoms with Crippen LogP contribution in [-0.2, 0) is 5.41 Å². The summed E-state index contributed by atoms with van der Waals surface area (Å²) in [4.78, 5) is 2.86. The fourth-order valence-corrected chi connectivity index (χ4v) is 6.00. The van der Waals surface area contributed by atoms with Crippen molar-refractivity contribution in [3.8, 4) is 0 Å². The topological polar surface area (TPSA) is 15.3 Å². The molecule has 3 fully saturated rings. The normalized spacial score (nSPS) is 35.8. The summed E-state index contributed by atoms with van der Waals surface area (Å²) in [6, 6.07) is 7.92. The molecule has 2 nitrogen and oxygen atoms in total. The predicted molar refractivity (Wildman–Crippen MR) is 91.4 cm³/mol. The smallest absolute Gasteiger partial charge is 0.0379 e. The van der Waals surface area contributed by atoms with Crippen molar-refractivity contribution in [3.63, 3.8) is 0 Å². The fourth-order valence-electron chi connectivity index (χ4n) is 6.00. The lowest BCUT2D eigenvalue weighted by atomic mass is 9.73. The Morgan fingerprint density at radius 2 is 2.00 bits per heavy atom. The second-order valence-electron chi connectivity index (χ2n) is 8.46. The van der Waals surface area contributed by atoms with Crippen molar-refractivity contribution >= 4 is 5.69 Å². The molecule has 3 atom stereocenters. The molecule has 2 heteroatoms. The van der Waals surface area contributed by atoms with Crippen LogP contribution in [0.3, 0.4) is 0 Å². The van der Waals surface area contributed by atoms with Gasteiger partial charge in [-0.05, 0) is 75.6 Å². The van der Waals surface area contributed by atoms with Gasteiger partial charge in [-0.2, -0.15) is 0 Å². The van der Waals surface area contributed by atoms with Crippen molar-refractivity contribution < 1.29 is 0 Å². The molecular formula is C20H28N2. The molecule has 2 aliphatic heterocycles. The Balaban J connectivity index is 1.34. The van der Waals surface area contributed by atoms with E-state index in [0.717, 1.165) is 24.4 Å². The van der Waals surface area contributed by atoms with Gasteiger partial charge in [0.15, 0.2) is 0 Å². The highest BCUT2D eigenvalue weighted by atomic mass is 15.2. The van der Waals surface area contributed by atoms with Gasteiger partial charge in [0.05, 0.1) is 0 Å². The van der Waals surface area contributed by atoms with Gasteiger partial charge in [-0.1, -0.05) is 24.1 Å². The van der Waals surface area contributed by atoms with Crippen molar-refractivity contribution in [2.45, 2.75) is 56.9 Å². The van der Waals surface area contributed by atoms with Crippen molar-refractivity contribution in [2.75, 3.05) is 25.0 Å². The lowest BCUT2D eigenvalue weighted by Crippen LogP contribution is -2.49. The summed E-state index contributed by atoms with van der Waals surface area (Å²) in [6.07, 6.45) is 8.78. The maximum Gasteiger partial charge on any atom is 0.0379 e. The van der Waals surface area contributed by atoms with E-state index in [1.807, 2.05) is 0 Å². The van der Waals surface area contributed by atoms with Crippen molar-refractivity contribution in [1.82, 2.24) is 4.90 Å². The number of hydrogen-bond acceptors (Lipinski definition) is 2. The third kappa shape index (κ3) is 1.89. The lowest BCUT2D eigenvalue weighted by molar-refractivity contribution is 0.0887. The third-order valence-electron chi connectivity index (χ3n) is 7.29. The van der Waals surface area contributed by atoms with Gasteiger partial charge in [0.2, 0.25) is 0 Å². The van der Waals surface area contributed by atoms with E-state index in [-0.39, 0.29) is 0 Å². The van der Waals surface area contributed by atoms with Crippen molar-refractivity contribution in [1.29, 1.82) is 0 Å². The lowest BCUT2D eigenvalue weighted by Gasteiger charge is -2.44. The van der Waals surface area contributed by atoms with Gasteiger partial charge in [0.25, 0.3) is 0 Å². The number of likely N-dealkylation sites (tertiary alicyclic amines) is 1. The van der Waals surface area contributed by atoms with E-state index < -0.39 is 0 Å². The number of aryl methyl sites for hydroxylation is 1. The SMILES string of the molecule is Cc1ccc2c(c1)C1(CCN([C@H]3C[C@@H]4CC[C@H]3C4)CC1)CN2. The van der Waals surface area contributed by atoms with Crippen LogP contribution in [0.4, 0.5) is 5.69 Å². The molecule has 1 aromatic carbocycles. The Hall–Kier alpha value is -1.02. The Morgan fingerprint density at radius 1 is 1.14 bits per heavy atom. The Morgan fingerprint density at radius 3 is 2.73 bits per heavy atom. The number of fused-ring (bicyclic) bond motifs is 4. The van der Waals surface area contributed by atoms with E-state index >= 15 is 0 Å². The van der Waals surface area contributed by atoms with E-state index in [9.17, 15) is 0 Å². The van der Waals surface area contributed by atoms with Gasteiger partial charge in [-0.3, -0.25) is 0 Å². The van der Waals surface area contributed by atoms with Crippen LogP contribution in [0.2, 0.25) is 0 Å². The molecule has 0 amide bonds. The van der Waals surface area contributed by atoms with Crippen LogP contribution < -0.4 is 5.32 Å². The summed E-state index contributed by atoms with van der Waals surface area (Å²) < 4.78 is 0. The first-order valence-electron chi connectivity index (χ1n) is 9.33. The largest absolute Gasteiger partial charge is 0.384 e. The zero-order valence-electron chi connectivity index (χ0n) is 13.8. The summed E-state index contributed by atoms with van der Waals surface area (Å²) >= 11 is 0. The van der Waals surface area contributed by atoms with E-state index in [0.29, 0.717) is 5.41 Å². The summed E-state index contributed by atoms with van der Waals surface area (Å²) in [5.41, 5.74) is 4.85. The van der Waals surface area contributed by atoms with Crippen LogP contribution in [-0.4, -0.2) is 30.6 Å². The number of nitrogens with zero attached hydrogens (tertiary/aromatic N) is 1. The monoisotopic (exact) mass is 296 g/mol. The Kier molecular flexibility index (Phi) is 2.89. The fraction of sp³-hybridized carbons (Fsp3) is 0.700. The van der Waals surface area contributed by atoms with E-state index in [1.165, 1.54) is 62.9 Å². The molecule has 2 saturated carbocycles. The molecule has 2 heterocycles. The van der Waals surface area contributed by atoms with E-state index in [4.69, 9.17) is 0 Å². The van der Waals surface area contributed by atoms with Gasteiger partial charge in [-0.15, -0.1) is 0 Å². The molecule has 0 aromatic heterocycles. The number of piperidine rings is 1. The Bertz CT molecular complexity index is 585. The minimum absolute atomic E-state index is 0.426. The molecular weight excluding hydrogens is 268 g/mol. The summed E-state index contributed by atoms with van der Waals surface area (Å²) in [6.45, 7) is 6.04. The summed E-state index contributed by atoms with van der Waals surface area (Å²) in [5, 5.41) is 3.68. The van der Waals surface area contributed by atoms with Crippen LogP contribution in [0.25, 0.3) is 0 Å². The summed E-state index contributed by atoms with van der Waals surface area (Å²) in [7, 11) is 0. The number of rotatable bonds is 1. The highest BCUT2D eigenvalue weighted by Gasteiger charge is 2.46. The predicted octanol–water partition coefficient (Wildman–Crippen LogP) is 3.94. The maximum atomic E-state index is 3.68. The van der Waals surface area contributed by atoms with Crippen molar-refractivity contribution in [2.24, 2.45) is 11.8 Å². The third-order valence-corrected chi connectivity index (χ3v) is 7.29. The zero-order chi connectivity index (χ0) is 14.7. The molecule has 1 saturated heterocycles. The van der Waals surface area contributed by atoms with Gasteiger partial charge < -0.3 is 10.2 Å². The van der Waals surface area contributed by atoms with Gasteiger partial charge in [0, 0.05) is 23.7 Å². The number of hydrogen-bond donors (Lipinski definition) is 1. The first-order chi connectivity index (χ1) is 10.7. The molecule has 5 rings (SSSR count). The molecule has 1 aromatic rings. The molecule has 1 spiro atoms. The average Bonchev–Trinajstić information content (AvgIpc) is 3.24. The molecule has 2 bridgehead atoms. The van der Waals surface area contributed by atoms with Gasteiger partial charge >= 0.3 is 0 Å². The zero-order valence-corrected chi connectivity index (χ0v) is 13.8. The highest BCUT2D eigenvalue weighted by molar-refractivity contribution is 5.61. The number of nitrogens with one attached hydrogen (secondary N) is 1. The Labute approximate surface area is 134 Å². The quantitative estimate of drug-likeness (QED) is 0.844. The van der Waals surface area contributed by atoms with Crippen LogP contribution in [0, 0.1) is 18.8 Å². The molecule has 22 heavy (non-hydrogen) atoms. The highest BCUT2D eigenvalue weighted by Crippen LogP contribution is 2.49. The maximum absolute atomic E-state index is 3.68. The van der Waals surface area contributed by atoms with Crippen molar-refractivity contribution in [3.05, 3.63) is 29.3 Å². The van der Waals surface area contributed by atoms with Crippen LogP contribution in [0.5, 0.6) is 0 Å². The van der Waals surface area contributed by atoms with Crippen LogP contribution in [0.1, 0.15) is 49.7 Å². The molecule has 118 valence electrons. The first kappa shape index (κ1) is 13.4. The van der Waals surface area contributed by atoms with Gasteiger partial charge in [-0.25, -0.2) is 0 Å². The molecule has 0 radical (unpaired) electrons. The molecule has 4 aliphatic rings. The number of anilines is 1.